The van der Waals surface area contributed by atoms with Gasteiger partial charge in [0.15, 0.2) is 21.3 Å². The van der Waals surface area contributed by atoms with Crippen LogP contribution in [0.4, 0.5) is 54.5 Å². The molecule has 18 nitrogen and oxygen atoms in total. The molecule has 5 aromatic rings. The second kappa shape index (κ2) is 19.6. The van der Waals surface area contributed by atoms with Gasteiger partial charge in [0.1, 0.15) is 40.9 Å². The highest BCUT2D eigenvalue weighted by Crippen LogP contribution is 2.68. The highest BCUT2D eigenvalue weighted by molar-refractivity contribution is 7.93. The standard InChI is InChI=1S/C43H40ClF10N8O10PS2/c1-40(2,74(4,68)69)11-10-24-6-7-25(26-8-9-29(44)33-35(26)61(20-41(47,48)49)58-38(33)62(75(5,70)71)39(64)59(3)12-13-72-73(65,66)67)34(55-24)30(16-21-14-22(45)17-23(46)15-21)56-31(63)19-60-37-32(36(57-60)43(52,53)54)27-18-28(27)42(37,50)51/h6-9,14-15,17,27-28,30H,12-13,16,18-20H2,1-5H3,(H,56,63)(H2,65,66,67)/t27-,28+,30-/m0/s1. The fraction of sp³-hybridized carbons (Fsp3) is 0.419. The van der Waals surface area contributed by atoms with E-state index < -0.39 is 175 Å². The molecule has 0 radical (unpaired) electrons. The Hall–Kier alpha value is -5.83. The second-order valence-electron chi connectivity index (χ2n) is 18.1. The number of sulfonamides is 1. The molecule has 0 spiro atoms. The minimum atomic E-state index is -5.25. The number of hydrogen-bond acceptors (Lipinski definition) is 11. The summed E-state index contributed by atoms with van der Waals surface area (Å²) in [6, 6.07) is 2.89. The summed E-state index contributed by atoms with van der Waals surface area (Å²) in [4.78, 5) is 51.3. The van der Waals surface area contributed by atoms with Crippen LogP contribution in [-0.4, -0.2) is 112 Å². The Balaban J connectivity index is 1.47. The first-order chi connectivity index (χ1) is 34.3. The molecule has 7 rings (SSSR count). The summed E-state index contributed by atoms with van der Waals surface area (Å²) in [6.45, 7) is -2.56. The quantitative estimate of drug-likeness (QED) is 0.0534. The van der Waals surface area contributed by atoms with Crippen LogP contribution in [0.1, 0.15) is 66.1 Å². The topological polar surface area (TPSA) is 236 Å². The number of nitrogens with zero attached hydrogens (tertiary/aromatic N) is 7. The van der Waals surface area contributed by atoms with Crippen LogP contribution in [0.2, 0.25) is 5.02 Å². The third kappa shape index (κ3) is 12.1. The molecule has 2 aliphatic carbocycles. The summed E-state index contributed by atoms with van der Waals surface area (Å²) in [5.41, 5.74) is -6.29. The number of aromatic nitrogens is 5. The predicted molar refractivity (Wildman–Crippen MR) is 246 cm³/mol. The van der Waals surface area contributed by atoms with E-state index in [9.17, 15) is 66.1 Å². The zero-order chi connectivity index (χ0) is 55.9. The molecule has 1 fully saturated rings. The summed E-state index contributed by atoms with van der Waals surface area (Å²) < 4.78 is 214. The van der Waals surface area contributed by atoms with Crippen molar-refractivity contribution in [3.05, 3.63) is 93.0 Å². The Morgan fingerprint density at radius 3 is 2.19 bits per heavy atom. The largest absolute Gasteiger partial charge is 0.469 e. The Morgan fingerprint density at radius 2 is 1.61 bits per heavy atom. The Bertz CT molecular complexity index is 3480. The molecule has 3 amide bonds. The van der Waals surface area contributed by atoms with Crippen LogP contribution < -0.4 is 9.62 Å². The SMILES string of the molecule is CN(CCOP(=O)(O)O)C(=O)N(c1nn(CC(F)(F)F)c2c(-c3ccc(C#CC(C)(C)S(C)(=O)=O)nc3[C@H](Cc3cc(F)cc(F)c3)NC(=O)Cn3nc(C(F)(F)F)c4c3C(F)(F)[C@@H]3C[C@H]43)ccc(Cl)c12)S(C)(=O)=O. The molecule has 0 saturated heterocycles. The molecule has 3 heterocycles. The van der Waals surface area contributed by atoms with Crippen LogP contribution in [0.15, 0.2) is 42.5 Å². The van der Waals surface area contributed by atoms with Gasteiger partial charge in [-0.1, -0.05) is 23.6 Å². The van der Waals surface area contributed by atoms with Crippen molar-refractivity contribution in [1.82, 2.24) is 34.8 Å². The zero-order valence-electron chi connectivity index (χ0n) is 39.2. The van der Waals surface area contributed by atoms with Crippen molar-refractivity contribution >= 4 is 67.9 Å². The number of carbonyl (C=O) groups excluding carboxylic acids is 2. The van der Waals surface area contributed by atoms with Crippen molar-refractivity contribution in [2.45, 2.75) is 74.8 Å². The molecule has 406 valence electrons. The normalized spacial score (nSPS) is 17.0. The van der Waals surface area contributed by atoms with Crippen molar-refractivity contribution < 1.29 is 89.2 Å². The monoisotopic (exact) mass is 1150 g/mol. The lowest BCUT2D eigenvalue weighted by molar-refractivity contribution is -0.143. The number of pyridine rings is 1. The van der Waals surface area contributed by atoms with Gasteiger partial charge in [-0.3, -0.25) is 18.7 Å². The number of urea groups is 1. The third-order valence-corrected chi connectivity index (χ3v) is 15.8. The van der Waals surface area contributed by atoms with E-state index in [4.69, 9.17) is 21.4 Å². The van der Waals surface area contributed by atoms with Gasteiger partial charge in [-0.15, -0.1) is 0 Å². The molecule has 3 aromatic heterocycles. The smallest absolute Gasteiger partial charge is 0.346 e. The van der Waals surface area contributed by atoms with Gasteiger partial charge < -0.3 is 20.0 Å². The Kier molecular flexibility index (Phi) is 14.9. The fourth-order valence-electron chi connectivity index (χ4n) is 8.34. The number of carbonyl (C=O) groups is 2. The first-order valence-corrected chi connectivity index (χ1v) is 27.2. The van der Waals surface area contributed by atoms with E-state index in [1.165, 1.54) is 13.8 Å². The summed E-state index contributed by atoms with van der Waals surface area (Å²) >= 11 is 6.62. The van der Waals surface area contributed by atoms with Crippen LogP contribution in [0.3, 0.4) is 0 Å². The second-order valence-corrected chi connectivity index (χ2v) is 24.1. The average molecular weight is 1150 g/mol. The van der Waals surface area contributed by atoms with Gasteiger partial charge in [-0.05, 0) is 74.4 Å². The molecule has 0 aliphatic heterocycles. The highest BCUT2D eigenvalue weighted by atomic mass is 35.5. The highest BCUT2D eigenvalue weighted by Gasteiger charge is 2.68. The van der Waals surface area contributed by atoms with Gasteiger partial charge in [0, 0.05) is 48.5 Å². The number of phosphoric ester groups is 1. The molecule has 0 unspecified atom stereocenters. The molecular formula is C43H40ClF10N8O10PS2. The van der Waals surface area contributed by atoms with Crippen LogP contribution in [-0.2, 0) is 65.4 Å². The first kappa shape index (κ1) is 56.9. The summed E-state index contributed by atoms with van der Waals surface area (Å²) in [5, 5.41) is 8.41. The minimum absolute atomic E-state index is 0.0680. The van der Waals surface area contributed by atoms with Gasteiger partial charge >= 0.3 is 26.2 Å². The molecule has 75 heavy (non-hydrogen) atoms. The maximum Gasteiger partial charge on any atom is 0.469 e. The van der Waals surface area contributed by atoms with Crippen molar-refractivity contribution in [2.75, 3.05) is 37.0 Å². The number of sulfone groups is 1. The maximum absolute atomic E-state index is 15.6. The number of hydrogen-bond donors (Lipinski definition) is 3. The fourth-order valence-corrected chi connectivity index (χ4v) is 9.99. The first-order valence-electron chi connectivity index (χ1n) is 21.5. The third-order valence-electron chi connectivity index (χ3n) is 12.0. The van der Waals surface area contributed by atoms with Crippen molar-refractivity contribution in [3.63, 3.8) is 0 Å². The number of fused-ring (bicyclic) bond motifs is 4. The minimum Gasteiger partial charge on any atom is -0.346 e. The molecule has 0 bridgehead atoms. The van der Waals surface area contributed by atoms with Crippen molar-refractivity contribution in [3.8, 4) is 23.0 Å². The van der Waals surface area contributed by atoms with Crippen LogP contribution in [0.5, 0.6) is 0 Å². The van der Waals surface area contributed by atoms with E-state index >= 15 is 8.78 Å². The van der Waals surface area contributed by atoms with E-state index in [1.807, 2.05) is 0 Å². The Morgan fingerprint density at radius 1 is 0.987 bits per heavy atom. The number of alkyl halides is 8. The lowest BCUT2D eigenvalue weighted by Crippen LogP contribution is -2.45. The number of halogens is 11. The van der Waals surface area contributed by atoms with Gasteiger partial charge in [0.2, 0.25) is 15.9 Å². The van der Waals surface area contributed by atoms with Crippen molar-refractivity contribution in [2.24, 2.45) is 5.92 Å². The van der Waals surface area contributed by atoms with E-state index in [1.54, 1.807) is 0 Å². The van der Waals surface area contributed by atoms with Crippen molar-refractivity contribution in [1.29, 1.82) is 0 Å². The number of benzene rings is 2. The number of amides is 3. The molecule has 2 aliphatic rings. The van der Waals surface area contributed by atoms with Crippen LogP contribution >= 0.6 is 19.4 Å². The van der Waals surface area contributed by atoms with E-state index in [0.29, 0.717) is 17.2 Å². The summed E-state index contributed by atoms with van der Waals surface area (Å²) in [5.74, 6) is -6.34. The maximum atomic E-state index is 15.6. The number of likely N-dealkylation sites (N-methyl/N-ethyl adjacent to an activating group) is 1. The van der Waals surface area contributed by atoms with Gasteiger partial charge in [-0.25, -0.2) is 40.0 Å². The zero-order valence-corrected chi connectivity index (χ0v) is 42.5. The van der Waals surface area contributed by atoms with E-state index in [2.05, 4.69) is 36.9 Å². The number of rotatable bonds is 15. The lowest BCUT2D eigenvalue weighted by Gasteiger charge is -2.25. The molecule has 1 saturated carbocycles. The molecule has 32 heteroatoms. The van der Waals surface area contributed by atoms with Crippen LogP contribution in [0.25, 0.3) is 22.0 Å². The van der Waals surface area contributed by atoms with Gasteiger partial charge in [-0.2, -0.15) is 49.6 Å². The van der Waals surface area contributed by atoms with E-state index in [0.717, 1.165) is 49.7 Å². The van der Waals surface area contributed by atoms with Gasteiger partial charge in [0.05, 0.1) is 40.5 Å². The molecule has 3 N–H and O–H groups in total. The number of phosphoric acid groups is 1. The Labute approximate surface area is 424 Å². The predicted octanol–water partition coefficient (Wildman–Crippen LogP) is 7.22. The van der Waals surface area contributed by atoms with E-state index in [-0.39, 0.29) is 36.9 Å². The molecule has 2 aromatic carbocycles. The molecule has 3 atom stereocenters. The number of nitrogens with one attached hydrogen (secondary N) is 1. The van der Waals surface area contributed by atoms with Gasteiger partial charge in [0.25, 0.3) is 5.92 Å². The molecular weight excluding hydrogens is 1110 g/mol. The summed E-state index contributed by atoms with van der Waals surface area (Å²) in [6.07, 6.45) is -10.2. The average Bonchev–Trinajstić information content (AvgIpc) is 3.76. The lowest BCUT2D eigenvalue weighted by atomic mass is 9.93. The number of anilines is 1. The van der Waals surface area contributed by atoms with Crippen LogP contribution in [0, 0.1) is 29.4 Å². The summed E-state index contributed by atoms with van der Waals surface area (Å²) in [7, 11) is -13.1.